The first-order valence-corrected chi connectivity index (χ1v) is 6.65. The van der Waals surface area contributed by atoms with Crippen LogP contribution in [0, 0.1) is 5.92 Å². The highest BCUT2D eigenvalue weighted by atomic mass is 79.9. The Morgan fingerprint density at radius 1 is 1.67 bits per heavy atom. The van der Waals surface area contributed by atoms with E-state index in [1.807, 2.05) is 11.0 Å². The number of carbonyl (C=O) groups is 1. The molecule has 0 aliphatic carbocycles. The first kappa shape index (κ1) is 13.1. The molecular formula is C12H16BrN3O2. The molecule has 2 N–H and O–H groups in total. The molecule has 0 aromatic carbocycles. The van der Waals surface area contributed by atoms with E-state index in [0.717, 1.165) is 29.7 Å². The lowest BCUT2D eigenvalue weighted by atomic mass is 9.98. The molecule has 0 spiro atoms. The van der Waals surface area contributed by atoms with Gasteiger partial charge >= 0.3 is 5.97 Å². The highest BCUT2D eigenvalue weighted by molar-refractivity contribution is 9.10. The summed E-state index contributed by atoms with van der Waals surface area (Å²) >= 11 is 3.33. The fourth-order valence-corrected chi connectivity index (χ4v) is 2.59. The van der Waals surface area contributed by atoms with Crippen molar-refractivity contribution in [1.82, 2.24) is 4.98 Å². The van der Waals surface area contributed by atoms with Gasteiger partial charge in [-0.1, -0.05) is 0 Å². The quantitative estimate of drug-likeness (QED) is 0.843. The second-order valence-electron chi connectivity index (χ2n) is 4.37. The van der Waals surface area contributed by atoms with E-state index in [0.29, 0.717) is 12.2 Å². The molecule has 1 aliphatic heterocycles. The highest BCUT2D eigenvalue weighted by Gasteiger charge is 2.27. The van der Waals surface area contributed by atoms with Crippen LogP contribution in [0.4, 0.5) is 11.5 Å². The maximum absolute atomic E-state index is 11.6. The van der Waals surface area contributed by atoms with Crippen molar-refractivity contribution in [2.24, 2.45) is 5.92 Å². The van der Waals surface area contributed by atoms with Gasteiger partial charge in [-0.15, -0.1) is 0 Å². The number of nitrogens with two attached hydrogens (primary N) is 1. The molecule has 98 valence electrons. The van der Waals surface area contributed by atoms with Crippen molar-refractivity contribution in [3.8, 4) is 0 Å². The van der Waals surface area contributed by atoms with Crippen molar-refractivity contribution in [2.45, 2.75) is 12.8 Å². The minimum Gasteiger partial charge on any atom is -0.469 e. The van der Waals surface area contributed by atoms with Gasteiger partial charge in [0.2, 0.25) is 0 Å². The fourth-order valence-electron chi connectivity index (χ4n) is 2.24. The molecule has 1 aromatic heterocycles. The molecule has 1 fully saturated rings. The van der Waals surface area contributed by atoms with E-state index in [9.17, 15) is 4.79 Å². The van der Waals surface area contributed by atoms with Gasteiger partial charge in [0, 0.05) is 23.8 Å². The molecule has 0 saturated carbocycles. The van der Waals surface area contributed by atoms with E-state index < -0.39 is 0 Å². The fraction of sp³-hybridized carbons (Fsp3) is 0.500. The van der Waals surface area contributed by atoms with Crippen LogP contribution in [0.15, 0.2) is 16.7 Å². The van der Waals surface area contributed by atoms with Crippen LogP contribution in [-0.4, -0.2) is 31.2 Å². The summed E-state index contributed by atoms with van der Waals surface area (Å²) in [5.74, 6) is 0.496. The first-order valence-electron chi connectivity index (χ1n) is 5.85. The maximum atomic E-state index is 11.6. The molecule has 1 aromatic rings. The maximum Gasteiger partial charge on any atom is 0.310 e. The lowest BCUT2D eigenvalue weighted by Gasteiger charge is -2.32. The van der Waals surface area contributed by atoms with E-state index in [-0.39, 0.29) is 11.9 Å². The summed E-state index contributed by atoms with van der Waals surface area (Å²) in [4.78, 5) is 17.9. The number of nitrogen functional groups attached to an aromatic ring is 1. The average molecular weight is 314 g/mol. The SMILES string of the molecule is COC(=O)C1CCCN(c2ncc(Br)cc2N)C1. The Labute approximate surface area is 114 Å². The summed E-state index contributed by atoms with van der Waals surface area (Å²) in [5, 5.41) is 0. The molecule has 2 rings (SSSR count). The van der Waals surface area contributed by atoms with Gasteiger partial charge in [0.1, 0.15) is 0 Å². The first-order chi connectivity index (χ1) is 8.61. The van der Waals surface area contributed by atoms with E-state index in [1.54, 1.807) is 6.20 Å². The van der Waals surface area contributed by atoms with Crippen LogP contribution in [0.3, 0.4) is 0 Å². The van der Waals surface area contributed by atoms with Crippen LogP contribution < -0.4 is 10.6 Å². The predicted molar refractivity (Wildman–Crippen MR) is 73.3 cm³/mol. The standard InChI is InChI=1S/C12H16BrN3O2/c1-18-12(17)8-3-2-4-16(7-8)11-10(14)5-9(13)6-15-11/h5-6,8H,2-4,7,14H2,1H3. The number of piperidine rings is 1. The van der Waals surface area contributed by atoms with Crippen LogP contribution in [0.5, 0.6) is 0 Å². The Kier molecular flexibility index (Phi) is 4.06. The normalized spacial score (nSPS) is 19.7. The lowest BCUT2D eigenvalue weighted by Crippen LogP contribution is -2.39. The van der Waals surface area contributed by atoms with Crippen LogP contribution in [0.2, 0.25) is 0 Å². The van der Waals surface area contributed by atoms with E-state index in [4.69, 9.17) is 10.5 Å². The molecular weight excluding hydrogens is 298 g/mol. The topological polar surface area (TPSA) is 68.5 Å². The van der Waals surface area contributed by atoms with Gasteiger partial charge in [-0.3, -0.25) is 4.79 Å². The van der Waals surface area contributed by atoms with E-state index in [1.165, 1.54) is 7.11 Å². The Hall–Kier alpha value is -1.30. The van der Waals surface area contributed by atoms with Crippen molar-refractivity contribution in [3.63, 3.8) is 0 Å². The van der Waals surface area contributed by atoms with Crippen LogP contribution in [0.1, 0.15) is 12.8 Å². The van der Waals surface area contributed by atoms with Crippen molar-refractivity contribution in [1.29, 1.82) is 0 Å². The molecule has 1 aliphatic rings. The van der Waals surface area contributed by atoms with Gasteiger partial charge in [-0.25, -0.2) is 4.98 Å². The Bertz CT molecular complexity index is 453. The number of hydrogen-bond donors (Lipinski definition) is 1. The monoisotopic (exact) mass is 313 g/mol. The average Bonchev–Trinajstić information content (AvgIpc) is 2.38. The number of halogens is 1. The molecule has 0 amide bonds. The summed E-state index contributed by atoms with van der Waals surface area (Å²) in [6, 6.07) is 1.82. The number of rotatable bonds is 2. The predicted octanol–water partition coefficient (Wildman–Crippen LogP) is 1.82. The molecule has 0 radical (unpaired) electrons. The summed E-state index contributed by atoms with van der Waals surface area (Å²) in [6.45, 7) is 1.48. The third-order valence-electron chi connectivity index (χ3n) is 3.12. The van der Waals surface area contributed by atoms with Crippen molar-refractivity contribution >= 4 is 33.4 Å². The van der Waals surface area contributed by atoms with Gasteiger partial charge in [0.25, 0.3) is 0 Å². The number of hydrogen-bond acceptors (Lipinski definition) is 5. The number of anilines is 2. The molecule has 0 bridgehead atoms. The zero-order valence-corrected chi connectivity index (χ0v) is 11.8. The zero-order valence-electron chi connectivity index (χ0n) is 10.2. The number of esters is 1. The summed E-state index contributed by atoms with van der Waals surface area (Å²) in [7, 11) is 1.42. The number of ether oxygens (including phenoxy) is 1. The minimum absolute atomic E-state index is 0.0893. The van der Waals surface area contributed by atoms with Gasteiger partial charge in [0.15, 0.2) is 5.82 Å². The number of aromatic nitrogens is 1. The second-order valence-corrected chi connectivity index (χ2v) is 5.29. The van der Waals surface area contributed by atoms with E-state index in [2.05, 4.69) is 20.9 Å². The van der Waals surface area contributed by atoms with Gasteiger partial charge < -0.3 is 15.4 Å². The largest absolute Gasteiger partial charge is 0.469 e. The Balaban J connectivity index is 2.15. The molecule has 6 heteroatoms. The summed E-state index contributed by atoms with van der Waals surface area (Å²) in [5.41, 5.74) is 6.58. The van der Waals surface area contributed by atoms with Crippen LogP contribution in [-0.2, 0) is 9.53 Å². The molecule has 5 nitrogen and oxygen atoms in total. The third kappa shape index (κ3) is 2.75. The zero-order chi connectivity index (χ0) is 13.1. The van der Waals surface area contributed by atoms with Crippen molar-refractivity contribution in [3.05, 3.63) is 16.7 Å². The molecule has 18 heavy (non-hydrogen) atoms. The van der Waals surface area contributed by atoms with E-state index >= 15 is 0 Å². The number of carbonyl (C=O) groups excluding carboxylic acids is 1. The number of nitrogens with zero attached hydrogens (tertiary/aromatic N) is 2. The van der Waals surface area contributed by atoms with Crippen molar-refractivity contribution in [2.75, 3.05) is 30.8 Å². The molecule has 1 atom stereocenters. The molecule has 2 heterocycles. The summed E-state index contributed by atoms with van der Waals surface area (Å²) in [6.07, 6.45) is 3.52. The molecule has 1 unspecified atom stereocenters. The Morgan fingerprint density at radius 3 is 3.11 bits per heavy atom. The smallest absolute Gasteiger partial charge is 0.310 e. The van der Waals surface area contributed by atoms with Gasteiger partial charge in [-0.2, -0.15) is 0 Å². The van der Waals surface area contributed by atoms with Gasteiger partial charge in [0.05, 0.1) is 18.7 Å². The second kappa shape index (κ2) is 5.56. The highest BCUT2D eigenvalue weighted by Crippen LogP contribution is 2.28. The number of methoxy groups -OCH3 is 1. The minimum atomic E-state index is -0.157. The van der Waals surface area contributed by atoms with Crippen LogP contribution in [0.25, 0.3) is 0 Å². The van der Waals surface area contributed by atoms with Crippen molar-refractivity contribution < 1.29 is 9.53 Å². The lowest BCUT2D eigenvalue weighted by molar-refractivity contribution is -0.145. The molecule has 1 saturated heterocycles. The summed E-state index contributed by atoms with van der Waals surface area (Å²) < 4.78 is 5.65. The number of pyridine rings is 1. The van der Waals surface area contributed by atoms with Gasteiger partial charge in [-0.05, 0) is 34.8 Å². The van der Waals surface area contributed by atoms with Crippen LogP contribution >= 0.6 is 15.9 Å². The Morgan fingerprint density at radius 2 is 2.44 bits per heavy atom. The third-order valence-corrected chi connectivity index (χ3v) is 3.55.